The lowest BCUT2D eigenvalue weighted by atomic mass is 10.1. The van der Waals surface area contributed by atoms with Crippen molar-refractivity contribution < 1.29 is 4.79 Å². The molecule has 0 aliphatic heterocycles. The average molecular weight is 175 g/mol. The molecule has 0 spiro atoms. The molecule has 0 aromatic carbocycles. The fraction of sp³-hybridized carbons (Fsp3) is 0.667. The van der Waals surface area contributed by atoms with Gasteiger partial charge in [0.05, 0.1) is 10.5 Å². The number of hydrogen-bond acceptors (Lipinski definition) is 2. The molecule has 0 aromatic rings. The maximum absolute atomic E-state index is 10.8. The van der Waals surface area contributed by atoms with Crippen molar-refractivity contribution in [1.29, 1.82) is 0 Å². The van der Waals surface area contributed by atoms with Crippen LogP contribution in [-0.4, -0.2) is 23.6 Å². The summed E-state index contributed by atoms with van der Waals surface area (Å²) in [4.78, 5) is 11.1. The predicted molar refractivity (Wildman–Crippen MR) is 48.5 cm³/mol. The quantitative estimate of drug-likeness (QED) is 0.517. The van der Waals surface area contributed by atoms with Crippen LogP contribution >= 0.6 is 12.2 Å². The highest BCUT2D eigenvalue weighted by molar-refractivity contribution is 7.80. The molecular weight excluding hydrogens is 162 g/mol. The molecule has 4 N–H and O–H groups in total. The van der Waals surface area contributed by atoms with E-state index in [9.17, 15) is 4.79 Å². The van der Waals surface area contributed by atoms with Crippen molar-refractivity contribution >= 4 is 23.2 Å². The molecule has 0 aromatic heterocycles. The molecule has 11 heavy (non-hydrogen) atoms. The van der Waals surface area contributed by atoms with E-state index in [2.05, 4.69) is 10.6 Å². The highest BCUT2D eigenvalue weighted by Gasteiger charge is 2.22. The standard InChI is InChI=1S/C6H13N3OS/c1-6(2,4(7)11)9-5(10)8-3/h1-3H3,(H2,7,11)(H2,8,9,10). The molecule has 0 radical (unpaired) electrons. The zero-order chi connectivity index (χ0) is 9.07. The average Bonchev–Trinajstić information content (AvgIpc) is 1.86. The van der Waals surface area contributed by atoms with Gasteiger partial charge in [-0.1, -0.05) is 12.2 Å². The zero-order valence-electron chi connectivity index (χ0n) is 6.89. The fourth-order valence-corrected chi connectivity index (χ4v) is 0.459. The Morgan fingerprint density at radius 3 is 2.27 bits per heavy atom. The summed E-state index contributed by atoms with van der Waals surface area (Å²) in [6.45, 7) is 3.48. The molecule has 0 saturated carbocycles. The fourth-order valence-electron chi connectivity index (χ4n) is 0.408. The van der Waals surface area contributed by atoms with Gasteiger partial charge in [0.15, 0.2) is 0 Å². The van der Waals surface area contributed by atoms with Gasteiger partial charge in [-0.3, -0.25) is 0 Å². The Balaban J connectivity index is 4.12. The van der Waals surface area contributed by atoms with Crippen LogP contribution < -0.4 is 16.4 Å². The molecule has 2 amide bonds. The van der Waals surface area contributed by atoms with Gasteiger partial charge in [0.1, 0.15) is 0 Å². The van der Waals surface area contributed by atoms with E-state index in [0.717, 1.165) is 0 Å². The highest BCUT2D eigenvalue weighted by atomic mass is 32.1. The molecule has 64 valence electrons. The second kappa shape index (κ2) is 3.52. The lowest BCUT2D eigenvalue weighted by molar-refractivity contribution is 0.238. The van der Waals surface area contributed by atoms with Crippen LogP contribution in [0.5, 0.6) is 0 Å². The normalized spacial score (nSPS) is 10.5. The van der Waals surface area contributed by atoms with Crippen molar-refractivity contribution in [3.05, 3.63) is 0 Å². The minimum atomic E-state index is -0.630. The van der Waals surface area contributed by atoms with Gasteiger partial charge in [-0.15, -0.1) is 0 Å². The van der Waals surface area contributed by atoms with E-state index >= 15 is 0 Å². The van der Waals surface area contributed by atoms with Crippen molar-refractivity contribution in [3.8, 4) is 0 Å². The summed E-state index contributed by atoms with van der Waals surface area (Å²) in [7, 11) is 1.53. The Morgan fingerprint density at radius 1 is 1.55 bits per heavy atom. The Bertz CT molecular complexity index is 179. The summed E-state index contributed by atoms with van der Waals surface area (Å²) in [5.41, 5.74) is 4.73. The van der Waals surface area contributed by atoms with Crippen LogP contribution in [0.3, 0.4) is 0 Å². The molecule has 0 rings (SSSR count). The van der Waals surface area contributed by atoms with Crippen molar-refractivity contribution in [2.24, 2.45) is 5.73 Å². The van der Waals surface area contributed by atoms with Crippen molar-refractivity contribution in [3.63, 3.8) is 0 Å². The number of amides is 2. The Labute approximate surface area is 71.5 Å². The van der Waals surface area contributed by atoms with E-state index < -0.39 is 5.54 Å². The molecule has 0 saturated heterocycles. The van der Waals surface area contributed by atoms with Crippen LogP contribution in [0.2, 0.25) is 0 Å². The maximum atomic E-state index is 10.8. The van der Waals surface area contributed by atoms with Crippen LogP contribution in [-0.2, 0) is 0 Å². The first-order valence-electron chi connectivity index (χ1n) is 3.20. The molecule has 0 bridgehead atoms. The molecule has 0 unspecified atom stereocenters. The SMILES string of the molecule is CNC(=O)NC(C)(C)C(N)=S. The first-order chi connectivity index (χ1) is 4.90. The number of hydrogen-bond donors (Lipinski definition) is 3. The van der Waals surface area contributed by atoms with E-state index in [4.69, 9.17) is 18.0 Å². The molecule has 5 heteroatoms. The zero-order valence-corrected chi connectivity index (χ0v) is 7.71. The first kappa shape index (κ1) is 10.2. The smallest absolute Gasteiger partial charge is 0.315 e. The largest absolute Gasteiger partial charge is 0.391 e. The number of thiocarbonyl (C=S) groups is 1. The molecule has 4 nitrogen and oxygen atoms in total. The van der Waals surface area contributed by atoms with Gasteiger partial charge in [-0.05, 0) is 13.8 Å². The van der Waals surface area contributed by atoms with Crippen LogP contribution in [0.4, 0.5) is 4.79 Å². The topological polar surface area (TPSA) is 67.2 Å². The van der Waals surface area contributed by atoms with E-state index in [0.29, 0.717) is 0 Å². The summed E-state index contributed by atoms with van der Waals surface area (Å²) in [6.07, 6.45) is 0. The van der Waals surface area contributed by atoms with Crippen LogP contribution in [0, 0.1) is 0 Å². The molecule has 0 aliphatic rings. The number of nitrogens with two attached hydrogens (primary N) is 1. The van der Waals surface area contributed by atoms with Gasteiger partial charge in [-0.2, -0.15) is 0 Å². The highest BCUT2D eigenvalue weighted by Crippen LogP contribution is 2.00. The van der Waals surface area contributed by atoms with E-state index in [1.807, 2.05) is 0 Å². The Hall–Kier alpha value is -0.840. The van der Waals surface area contributed by atoms with Gasteiger partial charge < -0.3 is 16.4 Å². The molecule has 0 fully saturated rings. The minimum Gasteiger partial charge on any atom is -0.391 e. The first-order valence-corrected chi connectivity index (χ1v) is 3.61. The van der Waals surface area contributed by atoms with E-state index in [1.54, 1.807) is 13.8 Å². The molecular formula is C6H13N3OS. The van der Waals surface area contributed by atoms with Crippen LogP contribution in [0.15, 0.2) is 0 Å². The van der Waals surface area contributed by atoms with Crippen LogP contribution in [0.1, 0.15) is 13.8 Å². The molecule has 0 atom stereocenters. The third-order valence-electron chi connectivity index (χ3n) is 1.27. The maximum Gasteiger partial charge on any atom is 0.315 e. The van der Waals surface area contributed by atoms with Gasteiger partial charge in [-0.25, -0.2) is 4.79 Å². The van der Waals surface area contributed by atoms with Gasteiger partial charge >= 0.3 is 6.03 Å². The Morgan fingerprint density at radius 2 is 2.00 bits per heavy atom. The second-order valence-electron chi connectivity index (χ2n) is 2.69. The van der Waals surface area contributed by atoms with Crippen LogP contribution in [0.25, 0.3) is 0 Å². The number of carbonyl (C=O) groups is 1. The lowest BCUT2D eigenvalue weighted by Gasteiger charge is -2.24. The molecule has 0 aliphatic carbocycles. The predicted octanol–water partition coefficient (Wildman–Crippen LogP) is -0.0199. The number of rotatable bonds is 2. The Kier molecular flexibility index (Phi) is 3.25. The minimum absolute atomic E-state index is 0.265. The summed E-state index contributed by atoms with van der Waals surface area (Å²) >= 11 is 4.73. The number of nitrogens with one attached hydrogen (secondary N) is 2. The molecule has 0 heterocycles. The summed E-state index contributed by atoms with van der Waals surface area (Å²) < 4.78 is 0. The van der Waals surface area contributed by atoms with Gasteiger partial charge in [0.2, 0.25) is 0 Å². The van der Waals surface area contributed by atoms with Gasteiger partial charge in [0, 0.05) is 7.05 Å². The van der Waals surface area contributed by atoms with E-state index in [1.165, 1.54) is 7.05 Å². The summed E-state index contributed by atoms with van der Waals surface area (Å²) in [6, 6.07) is -0.289. The van der Waals surface area contributed by atoms with Crippen molar-refractivity contribution in [2.75, 3.05) is 7.05 Å². The number of carbonyl (C=O) groups excluding carboxylic acids is 1. The monoisotopic (exact) mass is 175 g/mol. The number of urea groups is 1. The summed E-state index contributed by atoms with van der Waals surface area (Å²) in [5, 5.41) is 5.00. The van der Waals surface area contributed by atoms with Crippen molar-refractivity contribution in [2.45, 2.75) is 19.4 Å². The third-order valence-corrected chi connectivity index (χ3v) is 1.78. The lowest BCUT2D eigenvalue weighted by Crippen LogP contribution is -2.54. The van der Waals surface area contributed by atoms with E-state index in [-0.39, 0.29) is 11.0 Å². The second-order valence-corrected chi connectivity index (χ2v) is 3.13. The summed E-state index contributed by atoms with van der Waals surface area (Å²) in [5.74, 6) is 0. The third kappa shape index (κ3) is 3.18. The van der Waals surface area contributed by atoms with Crippen molar-refractivity contribution in [1.82, 2.24) is 10.6 Å². The van der Waals surface area contributed by atoms with Gasteiger partial charge in [0.25, 0.3) is 0 Å².